The average molecular weight is 280 g/mol. The first-order valence-electron chi connectivity index (χ1n) is 6.21. The van der Waals surface area contributed by atoms with Crippen LogP contribution in [0, 0.1) is 6.92 Å². The van der Waals surface area contributed by atoms with Crippen LogP contribution >= 0.6 is 11.6 Å². The van der Waals surface area contributed by atoms with Crippen LogP contribution in [0.2, 0.25) is 5.02 Å². The molecular weight excluding hydrogens is 262 g/mol. The first-order valence-corrected chi connectivity index (χ1v) is 6.58. The molecule has 1 heterocycles. The summed E-state index contributed by atoms with van der Waals surface area (Å²) in [5.41, 5.74) is 2.24. The second-order valence-electron chi connectivity index (χ2n) is 4.29. The standard InChI is InChI=1S/C14H18ClN3O/c1-11-17-5-7-18(11)14-9-13(15)4-3-12(14)10-16-6-8-19-2/h3-5,7,9,16H,6,8,10H2,1-2H3. The van der Waals surface area contributed by atoms with Gasteiger partial charge in [-0.3, -0.25) is 0 Å². The Morgan fingerprint density at radius 2 is 2.26 bits per heavy atom. The number of nitrogens with zero attached hydrogens (tertiary/aromatic N) is 2. The Morgan fingerprint density at radius 1 is 1.42 bits per heavy atom. The van der Waals surface area contributed by atoms with Crippen LogP contribution < -0.4 is 5.32 Å². The lowest BCUT2D eigenvalue weighted by molar-refractivity contribution is 0.199. The van der Waals surface area contributed by atoms with Crippen LogP contribution in [0.5, 0.6) is 0 Å². The number of halogens is 1. The monoisotopic (exact) mass is 279 g/mol. The lowest BCUT2D eigenvalue weighted by Crippen LogP contribution is -2.19. The van der Waals surface area contributed by atoms with Gasteiger partial charge in [-0.2, -0.15) is 0 Å². The summed E-state index contributed by atoms with van der Waals surface area (Å²) in [6.07, 6.45) is 3.73. The molecule has 0 amide bonds. The summed E-state index contributed by atoms with van der Waals surface area (Å²) in [5.74, 6) is 0.945. The van der Waals surface area contributed by atoms with E-state index in [1.807, 2.05) is 35.9 Å². The van der Waals surface area contributed by atoms with E-state index < -0.39 is 0 Å². The molecule has 0 radical (unpaired) electrons. The molecular formula is C14H18ClN3O. The highest BCUT2D eigenvalue weighted by molar-refractivity contribution is 6.30. The highest BCUT2D eigenvalue weighted by Crippen LogP contribution is 2.21. The van der Waals surface area contributed by atoms with Crippen molar-refractivity contribution in [2.24, 2.45) is 0 Å². The van der Waals surface area contributed by atoms with Crippen LogP contribution in [-0.2, 0) is 11.3 Å². The van der Waals surface area contributed by atoms with E-state index >= 15 is 0 Å². The number of hydrogen-bond donors (Lipinski definition) is 1. The molecule has 0 unspecified atom stereocenters. The van der Waals surface area contributed by atoms with Crippen molar-refractivity contribution in [1.29, 1.82) is 0 Å². The molecule has 19 heavy (non-hydrogen) atoms. The molecule has 0 saturated carbocycles. The third kappa shape index (κ3) is 3.56. The van der Waals surface area contributed by atoms with E-state index in [4.69, 9.17) is 16.3 Å². The fraction of sp³-hybridized carbons (Fsp3) is 0.357. The predicted molar refractivity (Wildman–Crippen MR) is 76.9 cm³/mol. The second kappa shape index (κ2) is 6.70. The molecule has 5 heteroatoms. The van der Waals surface area contributed by atoms with Gasteiger partial charge in [0, 0.05) is 37.6 Å². The number of aryl methyl sites for hydroxylation is 1. The van der Waals surface area contributed by atoms with E-state index in [0.29, 0.717) is 6.61 Å². The van der Waals surface area contributed by atoms with Crippen molar-refractivity contribution in [2.75, 3.05) is 20.3 Å². The summed E-state index contributed by atoms with van der Waals surface area (Å²) < 4.78 is 7.06. The molecule has 0 atom stereocenters. The number of hydrogen-bond acceptors (Lipinski definition) is 3. The Kier molecular flexibility index (Phi) is 4.96. The molecule has 2 rings (SSSR count). The number of benzene rings is 1. The van der Waals surface area contributed by atoms with Gasteiger partial charge < -0.3 is 14.6 Å². The van der Waals surface area contributed by atoms with Crippen molar-refractivity contribution in [2.45, 2.75) is 13.5 Å². The molecule has 4 nitrogen and oxygen atoms in total. The van der Waals surface area contributed by atoms with E-state index in [0.717, 1.165) is 29.6 Å². The fourth-order valence-corrected chi connectivity index (χ4v) is 2.11. The van der Waals surface area contributed by atoms with Crippen molar-refractivity contribution < 1.29 is 4.74 Å². The highest BCUT2D eigenvalue weighted by Gasteiger charge is 2.07. The SMILES string of the molecule is COCCNCc1ccc(Cl)cc1-n1ccnc1C. The smallest absolute Gasteiger partial charge is 0.110 e. The van der Waals surface area contributed by atoms with E-state index in [9.17, 15) is 0 Å². The van der Waals surface area contributed by atoms with Crippen molar-refractivity contribution >= 4 is 11.6 Å². The third-order valence-electron chi connectivity index (χ3n) is 2.93. The molecule has 0 aliphatic carbocycles. The van der Waals surface area contributed by atoms with Gasteiger partial charge in [-0.25, -0.2) is 4.98 Å². The molecule has 1 aromatic carbocycles. The number of ether oxygens (including phenoxy) is 1. The predicted octanol–water partition coefficient (Wildman–Crippen LogP) is 2.57. The molecule has 0 aliphatic rings. The number of aromatic nitrogens is 2. The van der Waals surface area contributed by atoms with Gasteiger partial charge in [0.15, 0.2) is 0 Å². The summed E-state index contributed by atoms with van der Waals surface area (Å²) in [5, 5.41) is 4.07. The van der Waals surface area contributed by atoms with E-state index in [2.05, 4.69) is 10.3 Å². The van der Waals surface area contributed by atoms with Gasteiger partial charge in [0.25, 0.3) is 0 Å². The van der Waals surface area contributed by atoms with Crippen molar-refractivity contribution in [3.63, 3.8) is 0 Å². The zero-order valence-electron chi connectivity index (χ0n) is 11.2. The Hall–Kier alpha value is -1.36. The molecule has 1 N–H and O–H groups in total. The largest absolute Gasteiger partial charge is 0.383 e. The van der Waals surface area contributed by atoms with Crippen LogP contribution in [0.25, 0.3) is 5.69 Å². The first kappa shape index (κ1) is 14.1. The van der Waals surface area contributed by atoms with Crippen LogP contribution in [0.1, 0.15) is 11.4 Å². The van der Waals surface area contributed by atoms with Crippen molar-refractivity contribution in [1.82, 2.24) is 14.9 Å². The van der Waals surface area contributed by atoms with Crippen LogP contribution in [-0.4, -0.2) is 29.8 Å². The molecule has 0 saturated heterocycles. The van der Waals surface area contributed by atoms with Gasteiger partial charge in [-0.1, -0.05) is 17.7 Å². The highest BCUT2D eigenvalue weighted by atomic mass is 35.5. The van der Waals surface area contributed by atoms with Gasteiger partial charge in [0.05, 0.1) is 12.3 Å². The van der Waals surface area contributed by atoms with Gasteiger partial charge in [-0.15, -0.1) is 0 Å². The third-order valence-corrected chi connectivity index (χ3v) is 3.17. The molecule has 2 aromatic rings. The summed E-state index contributed by atoms with van der Waals surface area (Å²) >= 11 is 6.10. The molecule has 0 bridgehead atoms. The van der Waals surface area contributed by atoms with E-state index in [-0.39, 0.29) is 0 Å². The molecule has 0 spiro atoms. The fourth-order valence-electron chi connectivity index (χ4n) is 1.94. The number of nitrogens with one attached hydrogen (secondary N) is 1. The lowest BCUT2D eigenvalue weighted by Gasteiger charge is -2.13. The van der Waals surface area contributed by atoms with Gasteiger partial charge >= 0.3 is 0 Å². The summed E-state index contributed by atoms with van der Waals surface area (Å²) in [7, 11) is 1.70. The van der Waals surface area contributed by atoms with E-state index in [1.54, 1.807) is 13.3 Å². The lowest BCUT2D eigenvalue weighted by atomic mass is 10.1. The number of methoxy groups -OCH3 is 1. The van der Waals surface area contributed by atoms with Crippen molar-refractivity contribution in [3.05, 3.63) is 47.0 Å². The maximum absolute atomic E-state index is 6.10. The quantitative estimate of drug-likeness (QED) is 0.826. The van der Waals surface area contributed by atoms with Crippen LogP contribution in [0.4, 0.5) is 0 Å². The maximum Gasteiger partial charge on any atom is 0.110 e. The zero-order valence-corrected chi connectivity index (χ0v) is 11.9. The van der Waals surface area contributed by atoms with Crippen LogP contribution in [0.15, 0.2) is 30.6 Å². The second-order valence-corrected chi connectivity index (χ2v) is 4.72. The minimum Gasteiger partial charge on any atom is -0.383 e. The average Bonchev–Trinajstić information content (AvgIpc) is 2.82. The summed E-state index contributed by atoms with van der Waals surface area (Å²) in [6, 6.07) is 5.91. The minimum atomic E-state index is 0.701. The zero-order chi connectivity index (χ0) is 13.7. The Bertz CT molecular complexity index is 539. The Morgan fingerprint density at radius 3 is 2.95 bits per heavy atom. The van der Waals surface area contributed by atoms with Gasteiger partial charge in [0.1, 0.15) is 5.82 Å². The topological polar surface area (TPSA) is 39.1 Å². The first-order chi connectivity index (χ1) is 9.22. The van der Waals surface area contributed by atoms with Gasteiger partial charge in [-0.05, 0) is 24.6 Å². The molecule has 0 aliphatic heterocycles. The summed E-state index contributed by atoms with van der Waals surface area (Å²) in [6.45, 7) is 4.27. The maximum atomic E-state index is 6.10. The summed E-state index contributed by atoms with van der Waals surface area (Å²) in [4.78, 5) is 4.25. The normalized spacial score (nSPS) is 10.9. The molecule has 1 aromatic heterocycles. The minimum absolute atomic E-state index is 0.701. The van der Waals surface area contributed by atoms with E-state index in [1.165, 1.54) is 5.56 Å². The van der Waals surface area contributed by atoms with Crippen molar-refractivity contribution in [3.8, 4) is 5.69 Å². The molecule has 0 fully saturated rings. The Labute approximate surface area is 118 Å². The molecule has 102 valence electrons. The van der Waals surface area contributed by atoms with Crippen LogP contribution in [0.3, 0.4) is 0 Å². The Balaban J connectivity index is 2.21. The number of rotatable bonds is 6. The van der Waals surface area contributed by atoms with Gasteiger partial charge in [0.2, 0.25) is 0 Å². The number of imidazole rings is 1.